The Morgan fingerprint density at radius 2 is 2.12 bits per heavy atom. The van der Waals surface area contributed by atoms with Crippen molar-refractivity contribution in [3.8, 4) is 0 Å². The van der Waals surface area contributed by atoms with Crippen molar-refractivity contribution in [1.82, 2.24) is 5.32 Å². The van der Waals surface area contributed by atoms with Crippen LogP contribution in [0, 0.1) is 0 Å². The molecule has 1 heterocycles. The first-order chi connectivity index (χ1) is 11.8. The molecule has 0 aromatic carbocycles. The Kier molecular flexibility index (Phi) is 12.3. The van der Waals surface area contributed by atoms with Crippen LogP contribution in [-0.2, 0) is 14.2 Å². The topological polar surface area (TPSA) is 78.1 Å². The van der Waals surface area contributed by atoms with Gasteiger partial charge in [-0.3, -0.25) is 0 Å². The van der Waals surface area contributed by atoms with E-state index in [1.165, 1.54) is 0 Å². The Labute approximate surface area is 146 Å². The number of rotatable bonds is 13. The van der Waals surface area contributed by atoms with Gasteiger partial charge in [0.15, 0.2) is 0 Å². The van der Waals surface area contributed by atoms with Gasteiger partial charge in [-0.15, -0.1) is 0 Å². The molecule has 0 amide bonds. The van der Waals surface area contributed by atoms with E-state index in [2.05, 4.69) is 16.9 Å². The van der Waals surface area contributed by atoms with Crippen molar-refractivity contribution < 1.29 is 14.2 Å². The van der Waals surface area contributed by atoms with Crippen LogP contribution < -0.4 is 11.1 Å². The van der Waals surface area contributed by atoms with Crippen molar-refractivity contribution in [2.24, 2.45) is 10.7 Å². The first kappa shape index (κ1) is 20.8. The zero-order chi connectivity index (χ0) is 17.5. The number of allylic oxidation sites excluding steroid dienone is 2. The lowest BCUT2D eigenvalue weighted by Crippen LogP contribution is -2.35. The molecule has 0 aromatic rings. The summed E-state index contributed by atoms with van der Waals surface area (Å²) in [7, 11) is 0. The maximum Gasteiger partial charge on any atom is 0.119 e. The van der Waals surface area contributed by atoms with Crippen molar-refractivity contribution in [1.29, 1.82) is 0 Å². The van der Waals surface area contributed by atoms with E-state index in [1.807, 2.05) is 19.1 Å². The molecule has 1 unspecified atom stereocenters. The summed E-state index contributed by atoms with van der Waals surface area (Å²) < 4.78 is 16.3. The first-order valence-electron chi connectivity index (χ1n) is 8.85. The van der Waals surface area contributed by atoms with E-state index in [-0.39, 0.29) is 0 Å². The molecule has 1 aliphatic rings. The van der Waals surface area contributed by atoms with Crippen LogP contribution in [0.5, 0.6) is 0 Å². The van der Waals surface area contributed by atoms with Crippen LogP contribution in [-0.4, -0.2) is 57.9 Å². The van der Waals surface area contributed by atoms with E-state index in [9.17, 15) is 0 Å². The van der Waals surface area contributed by atoms with Crippen molar-refractivity contribution in [2.75, 3.05) is 46.2 Å². The number of hydrogen-bond donors (Lipinski definition) is 2. The average molecular weight is 339 g/mol. The highest BCUT2D eigenvalue weighted by Gasteiger charge is 2.13. The van der Waals surface area contributed by atoms with Gasteiger partial charge in [-0.1, -0.05) is 12.7 Å². The Morgan fingerprint density at radius 1 is 1.33 bits per heavy atom. The third-order valence-corrected chi connectivity index (χ3v) is 3.52. The second-order valence-corrected chi connectivity index (χ2v) is 5.73. The van der Waals surface area contributed by atoms with Gasteiger partial charge in [0, 0.05) is 25.5 Å². The predicted molar refractivity (Wildman–Crippen MR) is 98.3 cm³/mol. The van der Waals surface area contributed by atoms with E-state index < -0.39 is 0 Å². The molecule has 1 atom stereocenters. The fraction of sp³-hybridized carbons (Fsp3) is 0.722. The van der Waals surface area contributed by atoms with Crippen LogP contribution in [0.25, 0.3) is 0 Å². The van der Waals surface area contributed by atoms with Gasteiger partial charge in [-0.25, -0.2) is 4.99 Å². The van der Waals surface area contributed by atoms with E-state index >= 15 is 0 Å². The summed E-state index contributed by atoms with van der Waals surface area (Å²) in [5.74, 6) is 0.703. The van der Waals surface area contributed by atoms with E-state index in [4.69, 9.17) is 19.9 Å². The smallest absolute Gasteiger partial charge is 0.119 e. The molecule has 1 fully saturated rings. The molecule has 0 spiro atoms. The number of ether oxygens (including phenoxy) is 3. The molecular formula is C18H33N3O3. The van der Waals surface area contributed by atoms with Gasteiger partial charge in [0.1, 0.15) is 5.82 Å². The molecule has 3 N–H and O–H groups in total. The van der Waals surface area contributed by atoms with Crippen molar-refractivity contribution in [3.05, 3.63) is 24.6 Å². The number of hydrogen-bond acceptors (Lipinski definition) is 6. The molecule has 24 heavy (non-hydrogen) atoms. The lowest BCUT2D eigenvalue weighted by Gasteiger charge is -2.23. The summed E-state index contributed by atoms with van der Waals surface area (Å²) in [6.07, 6.45) is 7.98. The largest absolute Gasteiger partial charge is 0.379 e. The highest BCUT2D eigenvalue weighted by molar-refractivity contribution is 5.95. The second-order valence-electron chi connectivity index (χ2n) is 5.73. The fourth-order valence-electron chi connectivity index (χ4n) is 2.43. The van der Waals surface area contributed by atoms with Gasteiger partial charge in [-0.2, -0.15) is 0 Å². The van der Waals surface area contributed by atoms with Crippen molar-refractivity contribution in [2.45, 2.75) is 38.6 Å². The van der Waals surface area contributed by atoms with Crippen LogP contribution >= 0.6 is 0 Å². The van der Waals surface area contributed by atoms with Crippen LogP contribution in [0.15, 0.2) is 29.5 Å². The zero-order valence-corrected chi connectivity index (χ0v) is 15.0. The summed E-state index contributed by atoms with van der Waals surface area (Å²) in [4.78, 5) is 4.59. The van der Waals surface area contributed by atoms with Crippen LogP contribution in [0.3, 0.4) is 0 Å². The average Bonchev–Trinajstić information content (AvgIpc) is 2.58. The number of nitrogens with zero attached hydrogens (tertiary/aromatic N) is 1. The molecule has 1 aliphatic heterocycles. The Bertz CT molecular complexity index is 391. The maximum absolute atomic E-state index is 5.54. The molecule has 0 bridgehead atoms. The molecule has 1 saturated heterocycles. The van der Waals surface area contributed by atoms with Gasteiger partial charge in [0.05, 0.1) is 32.5 Å². The van der Waals surface area contributed by atoms with E-state index in [0.29, 0.717) is 44.8 Å². The Balaban J connectivity index is 2.22. The van der Waals surface area contributed by atoms with Gasteiger partial charge in [0.2, 0.25) is 0 Å². The maximum atomic E-state index is 5.54. The van der Waals surface area contributed by atoms with Gasteiger partial charge >= 0.3 is 0 Å². The molecule has 0 aliphatic carbocycles. The van der Waals surface area contributed by atoms with Crippen molar-refractivity contribution in [3.63, 3.8) is 0 Å². The van der Waals surface area contributed by atoms with Crippen molar-refractivity contribution >= 4 is 5.71 Å². The normalized spacial score (nSPS) is 18.9. The second kappa shape index (κ2) is 14.2. The fourth-order valence-corrected chi connectivity index (χ4v) is 2.43. The molecule has 6 nitrogen and oxygen atoms in total. The lowest BCUT2D eigenvalue weighted by atomic mass is 10.1. The molecule has 0 radical (unpaired) electrons. The number of nitrogens with one attached hydrogen (secondary N) is 1. The van der Waals surface area contributed by atoms with Gasteiger partial charge in [0.25, 0.3) is 0 Å². The Morgan fingerprint density at radius 3 is 2.79 bits per heavy atom. The standard InChI is InChI=1S/C18H33N3O3/c1-3-6-17(7-4-10-22-13-14-23-12-9-19)20-16(2)21-18-8-5-11-24-15-18/h3,6,18,21H,2,4-5,7-15,19H2,1H3/b6-3-,20-17+. The third kappa shape index (κ3) is 10.5. The molecule has 6 heteroatoms. The monoisotopic (exact) mass is 339 g/mol. The number of aliphatic imine (C=N–C) groups is 1. The summed E-state index contributed by atoms with van der Waals surface area (Å²) in [5, 5.41) is 3.34. The summed E-state index contributed by atoms with van der Waals surface area (Å²) in [6.45, 7) is 10.6. The summed E-state index contributed by atoms with van der Waals surface area (Å²) in [5.41, 5.74) is 6.36. The lowest BCUT2D eigenvalue weighted by molar-refractivity contribution is 0.0503. The Hall–Kier alpha value is -1.21. The molecule has 1 rings (SSSR count). The predicted octanol–water partition coefficient (Wildman–Crippen LogP) is 2.02. The highest BCUT2D eigenvalue weighted by atomic mass is 16.5. The van der Waals surface area contributed by atoms with Crippen LogP contribution in [0.2, 0.25) is 0 Å². The van der Waals surface area contributed by atoms with Crippen LogP contribution in [0.1, 0.15) is 32.6 Å². The van der Waals surface area contributed by atoms with E-state index in [1.54, 1.807) is 0 Å². The minimum atomic E-state index is 0.318. The zero-order valence-electron chi connectivity index (χ0n) is 15.0. The summed E-state index contributed by atoms with van der Waals surface area (Å²) in [6, 6.07) is 0.318. The summed E-state index contributed by atoms with van der Waals surface area (Å²) >= 11 is 0. The molecule has 0 aromatic heterocycles. The first-order valence-corrected chi connectivity index (χ1v) is 8.85. The van der Waals surface area contributed by atoms with E-state index in [0.717, 1.165) is 44.6 Å². The molecule has 138 valence electrons. The highest BCUT2D eigenvalue weighted by Crippen LogP contribution is 2.08. The number of nitrogens with two attached hydrogens (primary N) is 1. The minimum absolute atomic E-state index is 0.318. The van der Waals surface area contributed by atoms with Gasteiger partial charge < -0.3 is 25.3 Å². The third-order valence-electron chi connectivity index (χ3n) is 3.52. The molecular weight excluding hydrogens is 306 g/mol. The minimum Gasteiger partial charge on any atom is -0.379 e. The molecule has 0 saturated carbocycles. The van der Waals surface area contributed by atoms with Gasteiger partial charge in [-0.05, 0) is 38.7 Å². The quantitative estimate of drug-likeness (QED) is 0.396. The SMILES string of the molecule is C=C(/N=C(\C=C/C)CCCOCCOCCN)NC1CCCOC1. The van der Waals surface area contributed by atoms with Crippen LogP contribution in [0.4, 0.5) is 0 Å².